The van der Waals surface area contributed by atoms with Crippen LogP contribution in [0.2, 0.25) is 5.02 Å². The lowest BCUT2D eigenvalue weighted by molar-refractivity contribution is 0.340. The van der Waals surface area contributed by atoms with Crippen LogP contribution in [0.15, 0.2) is 41.5 Å². The van der Waals surface area contributed by atoms with Crippen LogP contribution in [0.25, 0.3) is 0 Å². The Morgan fingerprint density at radius 1 is 1.10 bits per heavy atom. The maximum Gasteiger partial charge on any atom is 0.200 e. The Morgan fingerprint density at radius 2 is 1.67 bits per heavy atom. The number of phenols is 1. The minimum atomic E-state index is -0.0391. The molecule has 0 aromatic heterocycles. The summed E-state index contributed by atoms with van der Waals surface area (Å²) in [5.41, 5.74) is 4.41. The first-order chi connectivity index (χ1) is 10.1. The average Bonchev–Trinajstić information content (AvgIpc) is 2.50. The fraction of sp³-hybridized carbons (Fsp3) is 0.133. The van der Waals surface area contributed by atoms with Gasteiger partial charge in [-0.05, 0) is 36.4 Å². The lowest BCUT2D eigenvalue weighted by Crippen LogP contribution is -1.94. The Balaban J connectivity index is 2.15. The minimum Gasteiger partial charge on any atom is -0.502 e. The van der Waals surface area contributed by atoms with Crippen molar-refractivity contribution < 1.29 is 14.6 Å². The van der Waals surface area contributed by atoms with E-state index < -0.39 is 0 Å². The van der Waals surface area contributed by atoms with Gasteiger partial charge in [-0.25, -0.2) is 0 Å². The molecule has 0 aliphatic carbocycles. The molecular formula is C15H15ClN2O3. The second-order valence-corrected chi connectivity index (χ2v) is 4.59. The van der Waals surface area contributed by atoms with E-state index in [2.05, 4.69) is 10.5 Å². The summed E-state index contributed by atoms with van der Waals surface area (Å²) in [5, 5.41) is 14.6. The number of nitrogens with zero attached hydrogens (tertiary/aromatic N) is 1. The quantitative estimate of drug-likeness (QED) is 0.655. The van der Waals surface area contributed by atoms with Gasteiger partial charge >= 0.3 is 0 Å². The molecule has 0 saturated carbocycles. The van der Waals surface area contributed by atoms with Crippen LogP contribution in [0.5, 0.6) is 17.2 Å². The molecule has 0 bridgehead atoms. The molecule has 0 saturated heterocycles. The Labute approximate surface area is 127 Å². The van der Waals surface area contributed by atoms with Gasteiger partial charge in [-0.15, -0.1) is 0 Å². The van der Waals surface area contributed by atoms with E-state index in [0.717, 1.165) is 11.3 Å². The van der Waals surface area contributed by atoms with Crippen molar-refractivity contribution in [3.63, 3.8) is 0 Å². The third kappa shape index (κ3) is 3.79. The van der Waals surface area contributed by atoms with Crippen LogP contribution in [0.3, 0.4) is 0 Å². The third-order valence-electron chi connectivity index (χ3n) is 2.75. The maximum atomic E-state index is 9.82. The summed E-state index contributed by atoms with van der Waals surface area (Å²) in [7, 11) is 2.95. The monoisotopic (exact) mass is 306 g/mol. The molecular weight excluding hydrogens is 292 g/mol. The number of halogens is 1. The first kappa shape index (κ1) is 15.0. The van der Waals surface area contributed by atoms with Crippen LogP contribution in [0.1, 0.15) is 5.56 Å². The topological polar surface area (TPSA) is 63.1 Å². The molecule has 110 valence electrons. The Bertz CT molecular complexity index is 617. The fourth-order valence-corrected chi connectivity index (χ4v) is 1.82. The smallest absolute Gasteiger partial charge is 0.200 e. The van der Waals surface area contributed by atoms with Crippen molar-refractivity contribution in [1.82, 2.24) is 0 Å². The van der Waals surface area contributed by atoms with E-state index in [4.69, 9.17) is 21.1 Å². The Kier molecular flexibility index (Phi) is 4.90. The Morgan fingerprint density at radius 3 is 2.19 bits per heavy atom. The molecule has 21 heavy (non-hydrogen) atoms. The Hall–Kier alpha value is -2.40. The number of rotatable bonds is 5. The highest BCUT2D eigenvalue weighted by Gasteiger charge is 2.10. The molecule has 0 atom stereocenters. The number of methoxy groups -OCH3 is 2. The summed E-state index contributed by atoms with van der Waals surface area (Å²) in [4.78, 5) is 0. The summed E-state index contributed by atoms with van der Waals surface area (Å²) in [6.07, 6.45) is 1.60. The van der Waals surface area contributed by atoms with E-state index in [1.165, 1.54) is 14.2 Å². The van der Waals surface area contributed by atoms with Crippen LogP contribution < -0.4 is 14.9 Å². The van der Waals surface area contributed by atoms with Gasteiger partial charge < -0.3 is 14.6 Å². The molecule has 0 radical (unpaired) electrons. The van der Waals surface area contributed by atoms with Crippen LogP contribution in [0.4, 0.5) is 5.69 Å². The van der Waals surface area contributed by atoms with Gasteiger partial charge in [0.25, 0.3) is 0 Å². The van der Waals surface area contributed by atoms with Gasteiger partial charge in [-0.1, -0.05) is 11.6 Å². The lowest BCUT2D eigenvalue weighted by Gasteiger charge is -2.09. The van der Waals surface area contributed by atoms with E-state index in [-0.39, 0.29) is 5.75 Å². The molecule has 5 nitrogen and oxygen atoms in total. The second-order valence-electron chi connectivity index (χ2n) is 4.15. The van der Waals surface area contributed by atoms with E-state index in [1.807, 2.05) is 12.1 Å². The molecule has 6 heteroatoms. The molecule has 0 aliphatic rings. The summed E-state index contributed by atoms with van der Waals surface area (Å²) >= 11 is 5.81. The van der Waals surface area contributed by atoms with Crippen molar-refractivity contribution in [2.24, 2.45) is 5.10 Å². The van der Waals surface area contributed by atoms with Gasteiger partial charge in [0.15, 0.2) is 11.5 Å². The molecule has 2 N–H and O–H groups in total. The second kappa shape index (κ2) is 6.85. The number of hydrogen-bond acceptors (Lipinski definition) is 5. The van der Waals surface area contributed by atoms with Crippen molar-refractivity contribution >= 4 is 23.5 Å². The van der Waals surface area contributed by atoms with E-state index in [9.17, 15) is 5.11 Å². The minimum absolute atomic E-state index is 0.0391. The summed E-state index contributed by atoms with van der Waals surface area (Å²) in [6.45, 7) is 0. The van der Waals surface area contributed by atoms with E-state index >= 15 is 0 Å². The van der Waals surface area contributed by atoms with Crippen LogP contribution >= 0.6 is 11.6 Å². The van der Waals surface area contributed by atoms with Gasteiger partial charge in [0.1, 0.15) is 0 Å². The number of ether oxygens (including phenoxy) is 2. The molecule has 0 fully saturated rings. The maximum absolute atomic E-state index is 9.82. The van der Waals surface area contributed by atoms with Gasteiger partial charge in [-0.2, -0.15) is 5.10 Å². The number of hydrogen-bond donors (Lipinski definition) is 2. The number of phenolic OH excluding ortho intramolecular Hbond substituents is 1. The highest BCUT2D eigenvalue weighted by molar-refractivity contribution is 6.30. The molecule has 2 rings (SSSR count). The molecule has 2 aromatic rings. The molecule has 0 unspecified atom stereocenters. The number of anilines is 1. The first-order valence-corrected chi connectivity index (χ1v) is 6.51. The highest BCUT2D eigenvalue weighted by Crippen LogP contribution is 2.36. The van der Waals surface area contributed by atoms with Crippen LogP contribution in [-0.2, 0) is 0 Å². The molecule has 2 aromatic carbocycles. The first-order valence-electron chi connectivity index (χ1n) is 6.13. The summed E-state index contributed by atoms with van der Waals surface area (Å²) < 4.78 is 10.2. The zero-order valence-corrected chi connectivity index (χ0v) is 12.4. The van der Waals surface area contributed by atoms with E-state index in [0.29, 0.717) is 16.5 Å². The molecule has 0 amide bonds. The predicted molar refractivity (Wildman–Crippen MR) is 83.9 cm³/mol. The molecule has 0 aliphatic heterocycles. The third-order valence-corrected chi connectivity index (χ3v) is 3.01. The predicted octanol–water partition coefficient (Wildman–Crippen LogP) is 3.51. The SMILES string of the molecule is COc1cc(C=NNc2ccc(Cl)cc2)cc(OC)c1O. The van der Waals surface area contributed by atoms with Gasteiger partial charge in [0.2, 0.25) is 5.75 Å². The number of benzene rings is 2. The largest absolute Gasteiger partial charge is 0.502 e. The number of aromatic hydroxyl groups is 1. The van der Waals surface area contributed by atoms with Crippen molar-refractivity contribution in [2.75, 3.05) is 19.6 Å². The van der Waals surface area contributed by atoms with Crippen LogP contribution in [0, 0.1) is 0 Å². The number of hydrazone groups is 1. The normalized spacial score (nSPS) is 10.6. The fourth-order valence-electron chi connectivity index (χ4n) is 1.69. The van der Waals surface area contributed by atoms with Gasteiger partial charge in [0, 0.05) is 10.6 Å². The molecule has 0 heterocycles. The van der Waals surface area contributed by atoms with Crippen molar-refractivity contribution in [3.05, 3.63) is 47.0 Å². The standard InChI is InChI=1S/C15H15ClN2O3/c1-20-13-7-10(8-14(21-2)15(13)19)9-17-18-12-5-3-11(16)4-6-12/h3-9,18-19H,1-2H3. The summed E-state index contributed by atoms with van der Waals surface area (Å²) in [5.74, 6) is 0.604. The van der Waals surface area contributed by atoms with Crippen molar-refractivity contribution in [2.45, 2.75) is 0 Å². The average molecular weight is 307 g/mol. The number of nitrogens with one attached hydrogen (secondary N) is 1. The van der Waals surface area contributed by atoms with Gasteiger partial charge in [0.05, 0.1) is 26.1 Å². The lowest BCUT2D eigenvalue weighted by atomic mass is 10.2. The van der Waals surface area contributed by atoms with E-state index in [1.54, 1.807) is 30.5 Å². The highest BCUT2D eigenvalue weighted by atomic mass is 35.5. The van der Waals surface area contributed by atoms with Gasteiger partial charge in [-0.3, -0.25) is 5.43 Å². The van der Waals surface area contributed by atoms with Crippen molar-refractivity contribution in [3.8, 4) is 17.2 Å². The molecule has 0 spiro atoms. The zero-order valence-electron chi connectivity index (χ0n) is 11.6. The van der Waals surface area contributed by atoms with Crippen molar-refractivity contribution in [1.29, 1.82) is 0 Å². The van der Waals surface area contributed by atoms with Crippen LogP contribution in [-0.4, -0.2) is 25.5 Å². The summed E-state index contributed by atoms with van der Waals surface area (Å²) in [6, 6.07) is 10.5. The zero-order chi connectivity index (χ0) is 15.2.